The maximum Gasteiger partial charge on any atom is 0.0583 e. The predicted molar refractivity (Wildman–Crippen MR) is 72.0 cm³/mol. The number of piperidine rings is 1. The largest absolute Gasteiger partial charge is 0.393 e. The number of unbranched alkanes of at least 4 members (excludes halogenated alkanes) is 1. The van der Waals surface area contributed by atoms with Crippen molar-refractivity contribution in [1.82, 2.24) is 4.90 Å². The minimum absolute atomic E-state index is 0.0278. The summed E-state index contributed by atoms with van der Waals surface area (Å²) in [6.45, 7) is 6.23. The Morgan fingerprint density at radius 2 is 2.06 bits per heavy atom. The SMILES string of the molecule is C=CCCCN1CCCCC1C1CCCC1O. The third-order valence-corrected chi connectivity index (χ3v) is 4.54. The third kappa shape index (κ3) is 3.32. The van der Waals surface area contributed by atoms with E-state index in [1.807, 2.05) is 6.08 Å². The van der Waals surface area contributed by atoms with Crippen LogP contribution in [0.25, 0.3) is 0 Å². The molecular formula is C15H27NO. The Hall–Kier alpha value is -0.340. The Kier molecular flexibility index (Phi) is 5.05. The molecule has 1 aliphatic carbocycles. The van der Waals surface area contributed by atoms with Crippen LogP contribution in [0.2, 0.25) is 0 Å². The van der Waals surface area contributed by atoms with E-state index in [9.17, 15) is 5.11 Å². The van der Waals surface area contributed by atoms with Gasteiger partial charge in [-0.1, -0.05) is 18.9 Å². The van der Waals surface area contributed by atoms with Crippen LogP contribution in [0.1, 0.15) is 51.4 Å². The molecule has 2 nitrogen and oxygen atoms in total. The monoisotopic (exact) mass is 237 g/mol. The first-order chi connectivity index (χ1) is 8.33. The molecule has 1 heterocycles. The van der Waals surface area contributed by atoms with E-state index in [0.717, 1.165) is 12.8 Å². The molecule has 1 saturated heterocycles. The quantitative estimate of drug-likeness (QED) is 0.587. The van der Waals surface area contributed by atoms with Gasteiger partial charge in [0.05, 0.1) is 6.10 Å². The highest BCUT2D eigenvalue weighted by Gasteiger charge is 2.36. The summed E-state index contributed by atoms with van der Waals surface area (Å²) < 4.78 is 0. The Morgan fingerprint density at radius 1 is 1.18 bits per heavy atom. The van der Waals surface area contributed by atoms with E-state index in [0.29, 0.717) is 12.0 Å². The summed E-state index contributed by atoms with van der Waals surface area (Å²) in [5.74, 6) is 0.555. The van der Waals surface area contributed by atoms with Crippen molar-refractivity contribution < 1.29 is 5.11 Å². The molecule has 0 amide bonds. The van der Waals surface area contributed by atoms with Gasteiger partial charge in [-0.2, -0.15) is 0 Å². The van der Waals surface area contributed by atoms with Crippen molar-refractivity contribution in [2.45, 2.75) is 63.5 Å². The molecule has 2 rings (SSSR count). The van der Waals surface area contributed by atoms with Crippen LogP contribution in [-0.2, 0) is 0 Å². The normalized spacial score (nSPS) is 35.0. The molecule has 0 spiro atoms. The molecule has 2 fully saturated rings. The van der Waals surface area contributed by atoms with Gasteiger partial charge < -0.3 is 10.0 Å². The van der Waals surface area contributed by atoms with Crippen LogP contribution < -0.4 is 0 Å². The van der Waals surface area contributed by atoms with E-state index < -0.39 is 0 Å². The fourth-order valence-corrected chi connectivity index (χ4v) is 3.64. The lowest BCUT2D eigenvalue weighted by molar-refractivity contribution is 0.0351. The standard InChI is InChI=1S/C15H27NO/c1-2-3-5-11-16-12-6-4-9-14(16)13-8-7-10-15(13)17/h2,13-15,17H,1,3-12H2. The lowest BCUT2D eigenvalue weighted by atomic mass is 9.87. The van der Waals surface area contributed by atoms with E-state index in [-0.39, 0.29) is 6.10 Å². The summed E-state index contributed by atoms with van der Waals surface area (Å²) >= 11 is 0. The molecular weight excluding hydrogens is 210 g/mol. The minimum atomic E-state index is -0.0278. The average Bonchev–Trinajstić information content (AvgIpc) is 2.76. The lowest BCUT2D eigenvalue weighted by Gasteiger charge is -2.40. The van der Waals surface area contributed by atoms with Gasteiger partial charge in [-0.15, -0.1) is 6.58 Å². The maximum absolute atomic E-state index is 10.1. The van der Waals surface area contributed by atoms with Crippen LogP contribution in [0.4, 0.5) is 0 Å². The van der Waals surface area contributed by atoms with Crippen LogP contribution in [0.15, 0.2) is 12.7 Å². The van der Waals surface area contributed by atoms with Gasteiger partial charge in [0, 0.05) is 12.0 Å². The van der Waals surface area contributed by atoms with Gasteiger partial charge in [-0.25, -0.2) is 0 Å². The van der Waals surface area contributed by atoms with E-state index >= 15 is 0 Å². The van der Waals surface area contributed by atoms with Crippen molar-refractivity contribution in [2.24, 2.45) is 5.92 Å². The molecule has 0 aromatic heterocycles. The Balaban J connectivity index is 1.89. The van der Waals surface area contributed by atoms with Crippen LogP contribution in [0.3, 0.4) is 0 Å². The van der Waals surface area contributed by atoms with Gasteiger partial charge in [0.2, 0.25) is 0 Å². The highest BCUT2D eigenvalue weighted by Crippen LogP contribution is 2.35. The summed E-state index contributed by atoms with van der Waals surface area (Å²) in [6, 6.07) is 0.658. The minimum Gasteiger partial charge on any atom is -0.393 e. The van der Waals surface area contributed by atoms with Crippen LogP contribution >= 0.6 is 0 Å². The third-order valence-electron chi connectivity index (χ3n) is 4.54. The molecule has 17 heavy (non-hydrogen) atoms. The molecule has 0 aromatic carbocycles. The van der Waals surface area contributed by atoms with Gasteiger partial charge in [0.15, 0.2) is 0 Å². The lowest BCUT2D eigenvalue weighted by Crippen LogP contribution is -2.46. The molecule has 0 radical (unpaired) electrons. The summed E-state index contributed by atoms with van der Waals surface area (Å²) in [4.78, 5) is 2.65. The van der Waals surface area contributed by atoms with Gasteiger partial charge in [0.1, 0.15) is 0 Å². The number of nitrogens with zero attached hydrogens (tertiary/aromatic N) is 1. The average molecular weight is 237 g/mol. The fourth-order valence-electron chi connectivity index (χ4n) is 3.64. The molecule has 0 aromatic rings. The number of rotatable bonds is 5. The second-order valence-electron chi connectivity index (χ2n) is 5.69. The van der Waals surface area contributed by atoms with E-state index in [1.54, 1.807) is 0 Å². The first-order valence-corrected chi connectivity index (χ1v) is 7.36. The molecule has 3 unspecified atom stereocenters. The molecule has 2 heteroatoms. The number of aliphatic hydroxyl groups excluding tert-OH is 1. The molecule has 1 aliphatic heterocycles. The van der Waals surface area contributed by atoms with Crippen LogP contribution in [-0.4, -0.2) is 35.2 Å². The van der Waals surface area contributed by atoms with E-state index in [4.69, 9.17) is 0 Å². The number of aliphatic hydroxyl groups is 1. The van der Waals surface area contributed by atoms with Gasteiger partial charge in [-0.05, 0) is 51.6 Å². The topological polar surface area (TPSA) is 23.5 Å². The smallest absolute Gasteiger partial charge is 0.0583 e. The fraction of sp³-hybridized carbons (Fsp3) is 0.867. The summed E-state index contributed by atoms with van der Waals surface area (Å²) in [7, 11) is 0. The number of likely N-dealkylation sites (tertiary alicyclic amines) is 1. The molecule has 3 atom stereocenters. The summed E-state index contributed by atoms with van der Waals surface area (Å²) in [5, 5.41) is 10.1. The molecule has 98 valence electrons. The van der Waals surface area contributed by atoms with Crippen LogP contribution in [0.5, 0.6) is 0 Å². The van der Waals surface area contributed by atoms with Crippen molar-refractivity contribution in [3.63, 3.8) is 0 Å². The Labute approximate surface area is 106 Å². The van der Waals surface area contributed by atoms with Crippen molar-refractivity contribution in [3.8, 4) is 0 Å². The molecule has 2 aliphatic rings. The highest BCUT2D eigenvalue weighted by molar-refractivity contribution is 4.90. The maximum atomic E-state index is 10.1. The van der Waals surface area contributed by atoms with Crippen molar-refractivity contribution in [2.75, 3.05) is 13.1 Å². The summed E-state index contributed by atoms with van der Waals surface area (Å²) in [5.41, 5.74) is 0. The Morgan fingerprint density at radius 3 is 2.76 bits per heavy atom. The second-order valence-corrected chi connectivity index (χ2v) is 5.69. The summed E-state index contributed by atoms with van der Waals surface area (Å²) in [6.07, 6.45) is 11.8. The molecule has 1 N–H and O–H groups in total. The van der Waals surface area contributed by atoms with Gasteiger partial charge in [0.25, 0.3) is 0 Å². The Bertz CT molecular complexity index is 241. The molecule has 0 bridgehead atoms. The zero-order valence-corrected chi connectivity index (χ0v) is 11.0. The van der Waals surface area contributed by atoms with Crippen molar-refractivity contribution in [3.05, 3.63) is 12.7 Å². The number of allylic oxidation sites excluding steroid dienone is 1. The van der Waals surface area contributed by atoms with Gasteiger partial charge >= 0.3 is 0 Å². The van der Waals surface area contributed by atoms with Crippen molar-refractivity contribution in [1.29, 1.82) is 0 Å². The van der Waals surface area contributed by atoms with E-state index in [1.165, 1.54) is 51.6 Å². The predicted octanol–water partition coefficient (Wildman–Crippen LogP) is 2.97. The first-order valence-electron chi connectivity index (χ1n) is 7.36. The second kappa shape index (κ2) is 6.55. The number of hydrogen-bond acceptors (Lipinski definition) is 2. The number of hydrogen-bond donors (Lipinski definition) is 1. The van der Waals surface area contributed by atoms with Gasteiger partial charge in [-0.3, -0.25) is 0 Å². The highest BCUT2D eigenvalue weighted by atomic mass is 16.3. The molecule has 1 saturated carbocycles. The van der Waals surface area contributed by atoms with E-state index in [2.05, 4.69) is 11.5 Å². The zero-order chi connectivity index (χ0) is 12.1. The zero-order valence-electron chi connectivity index (χ0n) is 11.0. The van der Waals surface area contributed by atoms with Crippen molar-refractivity contribution >= 4 is 0 Å². The van der Waals surface area contributed by atoms with Crippen LogP contribution in [0, 0.1) is 5.92 Å². The first kappa shape index (κ1) is 13.1.